The smallest absolute Gasteiger partial charge is 0.347 e. The average Bonchev–Trinajstić information content (AvgIpc) is 2.91. The lowest BCUT2D eigenvalue weighted by atomic mass is 10.2. The monoisotopic (exact) mass is 320 g/mol. The summed E-state index contributed by atoms with van der Waals surface area (Å²) in [6.07, 6.45) is 2.48. The number of carbonyl (C=O) groups excluding carboxylic acids is 2. The second-order valence-corrected chi connectivity index (χ2v) is 5.29. The van der Waals surface area contributed by atoms with Crippen molar-refractivity contribution in [2.45, 2.75) is 32.5 Å². The maximum Gasteiger partial charge on any atom is 0.347 e. The molecule has 1 atom stereocenters. The van der Waals surface area contributed by atoms with E-state index in [0.717, 1.165) is 5.56 Å². The zero-order valence-electron chi connectivity index (χ0n) is 13.4. The Hall–Kier alpha value is -2.50. The van der Waals surface area contributed by atoms with E-state index in [9.17, 15) is 9.59 Å². The van der Waals surface area contributed by atoms with Gasteiger partial charge in [-0.05, 0) is 37.6 Å². The third kappa shape index (κ3) is 4.74. The zero-order valence-corrected chi connectivity index (χ0v) is 13.4. The van der Waals surface area contributed by atoms with E-state index in [0.29, 0.717) is 17.9 Å². The van der Waals surface area contributed by atoms with Crippen molar-refractivity contribution in [3.8, 4) is 11.5 Å². The first-order valence-corrected chi connectivity index (χ1v) is 7.39. The molecule has 0 N–H and O–H groups in total. The van der Waals surface area contributed by atoms with Crippen molar-refractivity contribution in [2.24, 2.45) is 0 Å². The van der Waals surface area contributed by atoms with Crippen LogP contribution in [-0.2, 0) is 19.1 Å². The quantitative estimate of drug-likeness (QED) is 0.592. The molecule has 23 heavy (non-hydrogen) atoms. The summed E-state index contributed by atoms with van der Waals surface area (Å²) in [5, 5.41) is 0. The molecule has 1 heterocycles. The van der Waals surface area contributed by atoms with E-state index in [4.69, 9.17) is 18.9 Å². The Labute approximate surface area is 135 Å². The van der Waals surface area contributed by atoms with Gasteiger partial charge in [0.05, 0.1) is 19.8 Å². The van der Waals surface area contributed by atoms with Crippen molar-refractivity contribution < 1.29 is 28.5 Å². The molecule has 0 unspecified atom stereocenters. The van der Waals surface area contributed by atoms with Crippen LogP contribution in [-0.4, -0.2) is 37.9 Å². The van der Waals surface area contributed by atoms with E-state index >= 15 is 0 Å². The van der Waals surface area contributed by atoms with Crippen LogP contribution in [0.25, 0.3) is 6.08 Å². The molecule has 1 fully saturated rings. The van der Waals surface area contributed by atoms with Crippen molar-refractivity contribution in [2.75, 3.05) is 13.7 Å². The minimum atomic E-state index is -0.802. The molecule has 0 radical (unpaired) electrons. The van der Waals surface area contributed by atoms with E-state index < -0.39 is 18.0 Å². The van der Waals surface area contributed by atoms with Crippen LogP contribution in [0.15, 0.2) is 24.3 Å². The predicted octanol–water partition coefficient (Wildman–Crippen LogP) is 2.35. The van der Waals surface area contributed by atoms with Crippen molar-refractivity contribution in [1.82, 2.24) is 0 Å². The fraction of sp³-hybridized carbons (Fsp3) is 0.412. The molecule has 0 aliphatic carbocycles. The van der Waals surface area contributed by atoms with Crippen molar-refractivity contribution in [1.29, 1.82) is 0 Å². The molecule has 1 saturated heterocycles. The van der Waals surface area contributed by atoms with E-state index in [1.807, 2.05) is 13.8 Å². The Morgan fingerprint density at radius 2 is 2.13 bits per heavy atom. The maximum absolute atomic E-state index is 11.7. The summed E-state index contributed by atoms with van der Waals surface area (Å²) < 4.78 is 20.7. The molecule has 6 nitrogen and oxygen atoms in total. The van der Waals surface area contributed by atoms with E-state index in [-0.39, 0.29) is 12.7 Å². The van der Waals surface area contributed by atoms with Crippen LogP contribution < -0.4 is 9.47 Å². The topological polar surface area (TPSA) is 71.1 Å². The summed E-state index contributed by atoms with van der Waals surface area (Å²) in [5.74, 6) is 0.128. The summed E-state index contributed by atoms with van der Waals surface area (Å²) in [7, 11) is 1.55. The first-order valence-electron chi connectivity index (χ1n) is 7.39. The predicted molar refractivity (Wildman–Crippen MR) is 83.2 cm³/mol. The molecule has 6 heteroatoms. The van der Waals surface area contributed by atoms with Gasteiger partial charge in [0, 0.05) is 12.5 Å². The number of ether oxygens (including phenoxy) is 4. The summed E-state index contributed by atoms with van der Waals surface area (Å²) >= 11 is 0. The molecule has 1 aliphatic heterocycles. The second kappa shape index (κ2) is 7.67. The van der Waals surface area contributed by atoms with Crippen molar-refractivity contribution in [3.63, 3.8) is 0 Å². The van der Waals surface area contributed by atoms with E-state index in [1.54, 1.807) is 31.4 Å². The van der Waals surface area contributed by atoms with Gasteiger partial charge in [-0.15, -0.1) is 0 Å². The molecule has 0 aromatic heterocycles. The van der Waals surface area contributed by atoms with Gasteiger partial charge in [0.15, 0.2) is 11.5 Å². The molecule has 1 aromatic carbocycles. The first kappa shape index (κ1) is 16.9. The Morgan fingerprint density at radius 3 is 2.74 bits per heavy atom. The molecule has 1 aromatic rings. The molecular formula is C17H20O6. The van der Waals surface area contributed by atoms with Gasteiger partial charge in [-0.3, -0.25) is 0 Å². The Balaban J connectivity index is 2.01. The molecule has 0 bridgehead atoms. The lowest BCUT2D eigenvalue weighted by Crippen LogP contribution is -2.21. The third-order valence-electron chi connectivity index (χ3n) is 3.11. The van der Waals surface area contributed by atoms with Gasteiger partial charge in [-0.2, -0.15) is 0 Å². The molecule has 0 saturated carbocycles. The highest BCUT2D eigenvalue weighted by Gasteiger charge is 2.29. The average molecular weight is 320 g/mol. The second-order valence-electron chi connectivity index (χ2n) is 5.29. The van der Waals surface area contributed by atoms with Gasteiger partial charge in [-0.1, -0.05) is 6.07 Å². The molecule has 0 spiro atoms. The van der Waals surface area contributed by atoms with Crippen molar-refractivity contribution >= 4 is 18.0 Å². The molecule has 124 valence electrons. The highest BCUT2D eigenvalue weighted by Crippen LogP contribution is 2.29. The van der Waals surface area contributed by atoms with Gasteiger partial charge in [0.25, 0.3) is 0 Å². The van der Waals surface area contributed by atoms with Crippen molar-refractivity contribution in [3.05, 3.63) is 29.8 Å². The molecular weight excluding hydrogens is 300 g/mol. The van der Waals surface area contributed by atoms with Crippen LogP contribution in [0.2, 0.25) is 0 Å². The first-order chi connectivity index (χ1) is 11.0. The number of hydrogen-bond acceptors (Lipinski definition) is 6. The minimum Gasteiger partial charge on any atom is -0.493 e. The highest BCUT2D eigenvalue weighted by molar-refractivity contribution is 5.89. The lowest BCUT2D eigenvalue weighted by molar-refractivity contribution is -0.156. The summed E-state index contributed by atoms with van der Waals surface area (Å²) in [6, 6.07) is 5.33. The Bertz CT molecular complexity index is 605. The number of methoxy groups -OCH3 is 1. The van der Waals surface area contributed by atoms with Crippen LogP contribution in [0.4, 0.5) is 0 Å². The number of hydrogen-bond donors (Lipinski definition) is 0. The summed E-state index contributed by atoms with van der Waals surface area (Å²) in [4.78, 5) is 23.0. The number of rotatable bonds is 6. The Kier molecular flexibility index (Phi) is 5.62. The molecule has 2 rings (SSSR count). The van der Waals surface area contributed by atoms with Gasteiger partial charge in [0.1, 0.15) is 0 Å². The fourth-order valence-electron chi connectivity index (χ4n) is 2.07. The largest absolute Gasteiger partial charge is 0.493 e. The SMILES string of the molecule is COc1cc(/C=C/C(=O)O[C@@H]2CCOC2=O)ccc1OC(C)C. The van der Waals surface area contributed by atoms with Crippen LogP contribution in [0.5, 0.6) is 11.5 Å². The Morgan fingerprint density at radius 1 is 1.35 bits per heavy atom. The number of esters is 2. The molecule has 1 aliphatic rings. The van der Waals surface area contributed by atoms with E-state index in [2.05, 4.69) is 0 Å². The standard InChI is InChI=1S/C17H20O6/c1-11(2)22-13-6-4-12(10-15(13)20-3)5-7-16(18)23-14-8-9-21-17(14)19/h4-7,10-11,14H,8-9H2,1-3H3/b7-5+/t14-/m1/s1. The maximum atomic E-state index is 11.7. The van der Waals surface area contributed by atoms with Crippen LogP contribution in [0, 0.1) is 0 Å². The third-order valence-corrected chi connectivity index (χ3v) is 3.11. The van der Waals surface area contributed by atoms with Crippen LogP contribution in [0.1, 0.15) is 25.8 Å². The highest BCUT2D eigenvalue weighted by atomic mass is 16.6. The summed E-state index contributed by atoms with van der Waals surface area (Å²) in [5.41, 5.74) is 0.754. The fourth-order valence-corrected chi connectivity index (χ4v) is 2.07. The zero-order chi connectivity index (χ0) is 16.8. The molecule has 0 amide bonds. The van der Waals surface area contributed by atoms with Gasteiger partial charge >= 0.3 is 11.9 Å². The number of benzene rings is 1. The van der Waals surface area contributed by atoms with Crippen LogP contribution in [0.3, 0.4) is 0 Å². The number of carbonyl (C=O) groups is 2. The van der Waals surface area contributed by atoms with Gasteiger partial charge < -0.3 is 18.9 Å². The van der Waals surface area contributed by atoms with Crippen LogP contribution >= 0.6 is 0 Å². The summed E-state index contributed by atoms with van der Waals surface area (Å²) in [6.45, 7) is 4.14. The van der Waals surface area contributed by atoms with E-state index in [1.165, 1.54) is 6.08 Å². The number of cyclic esters (lactones) is 1. The van der Waals surface area contributed by atoms with Gasteiger partial charge in [0.2, 0.25) is 6.10 Å². The van der Waals surface area contributed by atoms with Gasteiger partial charge in [-0.25, -0.2) is 9.59 Å². The lowest BCUT2D eigenvalue weighted by Gasteiger charge is -2.13. The normalized spacial score (nSPS) is 17.4. The minimum absolute atomic E-state index is 0.0337.